The number of ether oxygens (including phenoxy) is 1. The van der Waals surface area contributed by atoms with E-state index in [1.165, 1.54) is 0 Å². The molecule has 6 nitrogen and oxygen atoms in total. The number of amides is 2. The second-order valence-electron chi connectivity index (χ2n) is 5.05. The summed E-state index contributed by atoms with van der Waals surface area (Å²) in [5, 5.41) is 4.68. The Hall–Kier alpha value is -1.63. The van der Waals surface area contributed by atoms with Crippen molar-refractivity contribution in [3.05, 3.63) is 33.8 Å². The van der Waals surface area contributed by atoms with Gasteiger partial charge in [-0.2, -0.15) is 5.10 Å². The van der Waals surface area contributed by atoms with Crippen LogP contribution in [0.3, 0.4) is 0 Å². The number of hydrazone groups is 1. The first-order chi connectivity index (χ1) is 10.5. The number of carbonyl (C=O) groups excluding carboxylic acids is 2. The van der Waals surface area contributed by atoms with Gasteiger partial charge in [0.15, 0.2) is 0 Å². The van der Waals surface area contributed by atoms with Crippen molar-refractivity contribution in [1.29, 1.82) is 0 Å². The molecule has 1 aromatic rings. The normalized spacial score (nSPS) is 21.5. The number of benzene rings is 1. The summed E-state index contributed by atoms with van der Waals surface area (Å²) in [6.07, 6.45) is -0.258. The topological polar surface area (TPSA) is 71.0 Å². The molecule has 1 aromatic carbocycles. The van der Waals surface area contributed by atoms with Crippen molar-refractivity contribution in [1.82, 2.24) is 10.3 Å². The zero-order valence-corrected chi connectivity index (χ0v) is 13.0. The van der Waals surface area contributed by atoms with E-state index in [-0.39, 0.29) is 30.1 Å². The highest BCUT2D eigenvalue weighted by atomic mass is 35.5. The number of morpholine rings is 1. The van der Waals surface area contributed by atoms with Gasteiger partial charge < -0.3 is 9.64 Å². The van der Waals surface area contributed by atoms with Crippen molar-refractivity contribution in [2.75, 3.05) is 19.7 Å². The standard InChI is InChI=1S/C14H13Cl2N3O3/c15-9-2-1-8(5-10(9)16)12-7-19(3-4-22-12)14(21)11-6-13(20)18-17-11/h1-2,5,12H,3-4,6-7H2,(H,18,20). The largest absolute Gasteiger partial charge is 0.370 e. The Kier molecular flexibility index (Phi) is 4.33. The van der Waals surface area contributed by atoms with Gasteiger partial charge in [0.25, 0.3) is 5.91 Å². The van der Waals surface area contributed by atoms with Gasteiger partial charge >= 0.3 is 0 Å². The molecule has 116 valence electrons. The number of nitrogens with zero attached hydrogens (tertiary/aromatic N) is 2. The fourth-order valence-corrected chi connectivity index (χ4v) is 2.72. The van der Waals surface area contributed by atoms with Crippen LogP contribution in [0.4, 0.5) is 0 Å². The smallest absolute Gasteiger partial charge is 0.270 e. The molecule has 1 N–H and O–H groups in total. The maximum atomic E-state index is 12.3. The van der Waals surface area contributed by atoms with Crippen LogP contribution >= 0.6 is 23.2 Å². The Morgan fingerprint density at radius 3 is 2.86 bits per heavy atom. The van der Waals surface area contributed by atoms with Crippen LogP contribution in [-0.2, 0) is 14.3 Å². The molecular formula is C14H13Cl2N3O3. The first kappa shape index (κ1) is 15.3. The lowest BCUT2D eigenvalue weighted by Gasteiger charge is -2.33. The van der Waals surface area contributed by atoms with Crippen LogP contribution in [0.1, 0.15) is 18.1 Å². The first-order valence-electron chi connectivity index (χ1n) is 6.76. The molecule has 3 rings (SSSR count). The Balaban J connectivity index is 1.72. The Morgan fingerprint density at radius 1 is 1.36 bits per heavy atom. The van der Waals surface area contributed by atoms with Gasteiger partial charge in [-0.05, 0) is 17.7 Å². The number of hydrogen-bond donors (Lipinski definition) is 1. The third-order valence-electron chi connectivity index (χ3n) is 3.56. The summed E-state index contributed by atoms with van der Waals surface area (Å²) in [6.45, 7) is 1.25. The summed E-state index contributed by atoms with van der Waals surface area (Å²) in [6, 6.07) is 5.26. The second kappa shape index (κ2) is 6.24. The lowest BCUT2D eigenvalue weighted by Crippen LogP contribution is -2.45. The third-order valence-corrected chi connectivity index (χ3v) is 4.30. The minimum atomic E-state index is -0.280. The number of nitrogens with one attached hydrogen (secondary N) is 1. The molecule has 0 aliphatic carbocycles. The number of hydrogen-bond acceptors (Lipinski definition) is 4. The summed E-state index contributed by atoms with van der Waals surface area (Å²) in [5.74, 6) is -0.510. The van der Waals surface area contributed by atoms with Crippen LogP contribution in [0, 0.1) is 0 Å². The highest BCUT2D eigenvalue weighted by molar-refractivity contribution is 6.43. The molecular weight excluding hydrogens is 329 g/mol. The van der Waals surface area contributed by atoms with E-state index in [0.717, 1.165) is 5.56 Å². The van der Waals surface area contributed by atoms with Gasteiger partial charge in [0.1, 0.15) is 11.8 Å². The van der Waals surface area contributed by atoms with E-state index in [1.54, 1.807) is 17.0 Å². The molecule has 0 spiro atoms. The molecule has 2 amide bonds. The third kappa shape index (κ3) is 3.09. The lowest BCUT2D eigenvalue weighted by atomic mass is 10.1. The quantitative estimate of drug-likeness (QED) is 0.890. The molecule has 2 heterocycles. The molecule has 0 saturated carbocycles. The van der Waals surface area contributed by atoms with Crippen molar-refractivity contribution in [2.24, 2.45) is 5.10 Å². The fraction of sp³-hybridized carbons (Fsp3) is 0.357. The maximum Gasteiger partial charge on any atom is 0.270 e. The van der Waals surface area contributed by atoms with Crippen LogP contribution in [0.25, 0.3) is 0 Å². The van der Waals surface area contributed by atoms with Crippen molar-refractivity contribution in [2.45, 2.75) is 12.5 Å². The average Bonchev–Trinajstić information content (AvgIpc) is 2.96. The Labute approximate surface area is 137 Å². The van der Waals surface area contributed by atoms with Crippen LogP contribution < -0.4 is 5.43 Å². The van der Waals surface area contributed by atoms with Gasteiger partial charge in [-0.1, -0.05) is 29.3 Å². The molecule has 1 atom stereocenters. The van der Waals surface area contributed by atoms with Crippen LogP contribution in [0.2, 0.25) is 10.0 Å². The summed E-state index contributed by atoms with van der Waals surface area (Å²) in [4.78, 5) is 25.1. The van der Waals surface area contributed by atoms with Gasteiger partial charge in [0.2, 0.25) is 5.91 Å². The van der Waals surface area contributed by atoms with E-state index in [1.807, 2.05) is 6.07 Å². The van der Waals surface area contributed by atoms with E-state index < -0.39 is 0 Å². The lowest BCUT2D eigenvalue weighted by molar-refractivity contribution is -0.132. The van der Waals surface area contributed by atoms with E-state index in [9.17, 15) is 9.59 Å². The Morgan fingerprint density at radius 2 is 2.18 bits per heavy atom. The van der Waals surface area contributed by atoms with Gasteiger partial charge in [-0.3, -0.25) is 9.59 Å². The molecule has 22 heavy (non-hydrogen) atoms. The van der Waals surface area contributed by atoms with Gasteiger partial charge in [0.05, 0.1) is 29.6 Å². The predicted molar refractivity (Wildman–Crippen MR) is 81.9 cm³/mol. The van der Waals surface area contributed by atoms with Crippen molar-refractivity contribution in [3.8, 4) is 0 Å². The van der Waals surface area contributed by atoms with Crippen LogP contribution in [-0.4, -0.2) is 42.1 Å². The van der Waals surface area contributed by atoms with E-state index >= 15 is 0 Å². The maximum absolute atomic E-state index is 12.3. The summed E-state index contributed by atoms with van der Waals surface area (Å²) in [7, 11) is 0. The van der Waals surface area contributed by atoms with E-state index in [4.69, 9.17) is 27.9 Å². The zero-order valence-electron chi connectivity index (χ0n) is 11.5. The monoisotopic (exact) mass is 341 g/mol. The van der Waals surface area contributed by atoms with Crippen molar-refractivity contribution >= 4 is 40.7 Å². The summed E-state index contributed by atoms with van der Waals surface area (Å²) >= 11 is 11.9. The molecule has 0 bridgehead atoms. The average molecular weight is 342 g/mol. The molecule has 0 aromatic heterocycles. The molecule has 0 radical (unpaired) electrons. The van der Waals surface area contributed by atoms with Gasteiger partial charge in [0, 0.05) is 6.54 Å². The predicted octanol–water partition coefficient (Wildman–Crippen LogP) is 1.77. The minimum absolute atomic E-state index is 0.0215. The molecule has 1 fully saturated rings. The number of halogens is 2. The number of rotatable bonds is 2. The highest BCUT2D eigenvalue weighted by Crippen LogP contribution is 2.29. The molecule has 1 unspecified atom stereocenters. The molecule has 2 aliphatic heterocycles. The van der Waals surface area contributed by atoms with Gasteiger partial charge in [-0.15, -0.1) is 0 Å². The minimum Gasteiger partial charge on any atom is -0.370 e. The first-order valence-corrected chi connectivity index (χ1v) is 7.51. The molecule has 2 aliphatic rings. The fourth-order valence-electron chi connectivity index (χ4n) is 2.41. The second-order valence-corrected chi connectivity index (χ2v) is 5.87. The zero-order chi connectivity index (χ0) is 15.7. The highest BCUT2D eigenvalue weighted by Gasteiger charge is 2.31. The molecule has 8 heteroatoms. The van der Waals surface area contributed by atoms with Gasteiger partial charge in [-0.25, -0.2) is 5.43 Å². The summed E-state index contributed by atoms with van der Waals surface area (Å²) < 4.78 is 5.70. The van der Waals surface area contributed by atoms with Crippen LogP contribution in [0.5, 0.6) is 0 Å². The Bertz CT molecular complexity index is 663. The van der Waals surface area contributed by atoms with E-state index in [2.05, 4.69) is 10.5 Å². The van der Waals surface area contributed by atoms with E-state index in [0.29, 0.717) is 29.7 Å². The number of carbonyl (C=O) groups is 2. The summed E-state index contributed by atoms with van der Waals surface area (Å²) in [5.41, 5.74) is 3.38. The van der Waals surface area contributed by atoms with Crippen LogP contribution in [0.15, 0.2) is 23.3 Å². The molecule has 1 saturated heterocycles. The van der Waals surface area contributed by atoms with Crippen molar-refractivity contribution < 1.29 is 14.3 Å². The van der Waals surface area contributed by atoms with Crippen molar-refractivity contribution in [3.63, 3.8) is 0 Å². The SMILES string of the molecule is O=C1CC(C(=O)N2CCOC(c3ccc(Cl)c(Cl)c3)C2)=NN1.